The summed E-state index contributed by atoms with van der Waals surface area (Å²) in [7, 11) is 1.51. The number of hydrogen-bond donors (Lipinski definition) is 0. The molecule has 234 valence electrons. The number of thiazole rings is 1. The molecule has 1 atom stereocenters. The van der Waals surface area contributed by atoms with Crippen molar-refractivity contribution < 1.29 is 28.1 Å². The highest BCUT2D eigenvalue weighted by atomic mass is 79.9. The molecule has 0 bridgehead atoms. The Hall–Kier alpha value is -4.22. The van der Waals surface area contributed by atoms with Crippen LogP contribution in [-0.2, 0) is 16.1 Å². The lowest BCUT2D eigenvalue weighted by molar-refractivity contribution is -0.139. The molecule has 8 nitrogen and oxygen atoms in total. The molecule has 2 heterocycles. The molecule has 0 fully saturated rings. The molecular weight excluding hydrogens is 663 g/mol. The molecule has 5 rings (SSSR count). The number of nitrogens with zero attached hydrogens (tertiary/aromatic N) is 2. The average Bonchev–Trinajstić information content (AvgIpc) is 3.30. The van der Waals surface area contributed by atoms with Crippen LogP contribution in [-0.4, -0.2) is 30.4 Å². The van der Waals surface area contributed by atoms with Gasteiger partial charge in [-0.1, -0.05) is 63.7 Å². The van der Waals surface area contributed by atoms with Gasteiger partial charge in [-0.3, -0.25) is 9.36 Å². The number of ether oxygens (including phenoxy) is 4. The summed E-state index contributed by atoms with van der Waals surface area (Å²) in [6.45, 7) is 7.39. The van der Waals surface area contributed by atoms with Crippen molar-refractivity contribution >= 4 is 39.3 Å². The zero-order chi connectivity index (χ0) is 32.2. The van der Waals surface area contributed by atoms with E-state index in [1.54, 1.807) is 50.3 Å². The van der Waals surface area contributed by atoms with Crippen LogP contribution in [0.1, 0.15) is 50.4 Å². The van der Waals surface area contributed by atoms with Crippen molar-refractivity contribution in [2.75, 3.05) is 13.7 Å². The minimum absolute atomic E-state index is 0.0541. The van der Waals surface area contributed by atoms with E-state index in [1.165, 1.54) is 29.1 Å². The van der Waals surface area contributed by atoms with Crippen LogP contribution in [0, 0.1) is 5.82 Å². The summed E-state index contributed by atoms with van der Waals surface area (Å²) in [5.74, 6) is 0.336. The smallest absolute Gasteiger partial charge is 0.338 e. The molecule has 1 aliphatic heterocycles. The molecule has 0 unspecified atom stereocenters. The third-order valence-electron chi connectivity index (χ3n) is 6.98. The number of carbonyl (C=O) groups excluding carboxylic acids is 1. The second kappa shape index (κ2) is 13.8. The van der Waals surface area contributed by atoms with Crippen LogP contribution in [0.2, 0.25) is 0 Å². The molecule has 3 aromatic carbocycles. The van der Waals surface area contributed by atoms with E-state index < -0.39 is 17.8 Å². The molecular formula is C34H32BrFN2O6S. The Morgan fingerprint density at radius 3 is 2.58 bits per heavy atom. The molecule has 4 aromatic rings. The van der Waals surface area contributed by atoms with Gasteiger partial charge in [-0.05, 0) is 58.0 Å². The zero-order valence-electron chi connectivity index (χ0n) is 25.4. The minimum atomic E-state index is -0.841. The van der Waals surface area contributed by atoms with Gasteiger partial charge in [0.05, 0.1) is 35.6 Å². The molecule has 0 saturated heterocycles. The number of aromatic nitrogens is 1. The molecule has 1 aliphatic rings. The average molecular weight is 696 g/mol. The number of halogens is 2. The summed E-state index contributed by atoms with van der Waals surface area (Å²) >= 11 is 4.69. The highest BCUT2D eigenvalue weighted by Crippen LogP contribution is 2.38. The Morgan fingerprint density at radius 1 is 1.13 bits per heavy atom. The fraction of sp³-hybridized carbons (Fsp3) is 0.265. The van der Waals surface area contributed by atoms with Crippen LogP contribution < -0.4 is 29.1 Å². The van der Waals surface area contributed by atoms with E-state index in [0.717, 1.165) is 0 Å². The number of benzene rings is 3. The Labute approximate surface area is 272 Å². The fourth-order valence-electron chi connectivity index (χ4n) is 5.06. The lowest BCUT2D eigenvalue weighted by Crippen LogP contribution is -2.40. The first-order chi connectivity index (χ1) is 21.6. The summed E-state index contributed by atoms with van der Waals surface area (Å²) in [6, 6.07) is 16.4. The summed E-state index contributed by atoms with van der Waals surface area (Å²) in [6.07, 6.45) is 1.54. The van der Waals surface area contributed by atoms with Crippen LogP contribution in [0.3, 0.4) is 0 Å². The first-order valence-electron chi connectivity index (χ1n) is 14.3. The maximum atomic E-state index is 14.4. The number of allylic oxidation sites excluding steroid dienone is 1. The number of esters is 1. The summed E-state index contributed by atoms with van der Waals surface area (Å²) in [5.41, 5.74) is 1.88. The van der Waals surface area contributed by atoms with E-state index >= 15 is 0 Å². The number of carbonyl (C=O) groups is 1. The van der Waals surface area contributed by atoms with Crippen molar-refractivity contribution in [1.82, 2.24) is 4.57 Å². The quantitative estimate of drug-likeness (QED) is 0.187. The van der Waals surface area contributed by atoms with E-state index in [0.29, 0.717) is 53.4 Å². The Balaban J connectivity index is 1.70. The van der Waals surface area contributed by atoms with E-state index in [2.05, 4.69) is 20.9 Å². The first kappa shape index (κ1) is 32.2. The SMILES string of the molecule is CCOC(=O)C1=C(C)N=c2s/c(=C\c3cc(Br)cc(OC)c3OCc3ccccc3F)c(=O)n2[C@@H]1c1ccccc1OC(C)C. The summed E-state index contributed by atoms with van der Waals surface area (Å²) in [5, 5.41) is 0. The van der Waals surface area contributed by atoms with E-state index in [1.807, 2.05) is 38.1 Å². The third kappa shape index (κ3) is 6.74. The van der Waals surface area contributed by atoms with Gasteiger partial charge in [-0.15, -0.1) is 0 Å². The van der Waals surface area contributed by atoms with Gasteiger partial charge < -0.3 is 18.9 Å². The van der Waals surface area contributed by atoms with Crippen molar-refractivity contribution in [1.29, 1.82) is 0 Å². The minimum Gasteiger partial charge on any atom is -0.493 e. The summed E-state index contributed by atoms with van der Waals surface area (Å²) < 4.78 is 40.2. The number of fused-ring (bicyclic) bond motifs is 1. The highest BCUT2D eigenvalue weighted by Gasteiger charge is 2.35. The van der Waals surface area contributed by atoms with Crippen LogP contribution >= 0.6 is 27.3 Å². The molecule has 0 saturated carbocycles. The maximum Gasteiger partial charge on any atom is 0.338 e. The Kier molecular flexibility index (Phi) is 9.89. The van der Waals surface area contributed by atoms with E-state index in [-0.39, 0.29) is 30.5 Å². The standard InChI is InChI=1S/C34H32BrFN2O6S/c1-6-42-33(40)29-20(4)37-34-38(30(29)24-12-8-10-14-26(24)44-19(2)3)32(39)28(45-34)16-22-15-23(35)17-27(41-5)31(22)43-18-21-11-7-9-13-25(21)36/h7-17,19,30H,6,18H2,1-5H3/b28-16-/t30-/m1/s1. The van der Waals surface area contributed by atoms with Gasteiger partial charge in [0.25, 0.3) is 5.56 Å². The van der Waals surface area contributed by atoms with Gasteiger partial charge in [0, 0.05) is 21.2 Å². The predicted octanol–water partition coefficient (Wildman–Crippen LogP) is 6.07. The van der Waals surface area contributed by atoms with Gasteiger partial charge in [0.15, 0.2) is 16.3 Å². The van der Waals surface area contributed by atoms with Crippen molar-refractivity contribution in [3.8, 4) is 17.2 Å². The van der Waals surface area contributed by atoms with Gasteiger partial charge in [-0.2, -0.15) is 0 Å². The van der Waals surface area contributed by atoms with Gasteiger partial charge in [0.1, 0.15) is 24.2 Å². The van der Waals surface area contributed by atoms with Crippen molar-refractivity contribution in [2.24, 2.45) is 4.99 Å². The first-order valence-corrected chi connectivity index (χ1v) is 15.9. The van der Waals surface area contributed by atoms with Crippen LogP contribution in [0.25, 0.3) is 6.08 Å². The van der Waals surface area contributed by atoms with Crippen molar-refractivity contribution in [2.45, 2.75) is 46.4 Å². The second-order valence-electron chi connectivity index (χ2n) is 10.4. The molecule has 0 amide bonds. The second-order valence-corrected chi connectivity index (χ2v) is 12.3. The molecule has 11 heteroatoms. The number of rotatable bonds is 10. The van der Waals surface area contributed by atoms with Crippen molar-refractivity contribution in [3.63, 3.8) is 0 Å². The van der Waals surface area contributed by atoms with Gasteiger partial charge >= 0.3 is 5.97 Å². The lowest BCUT2D eigenvalue weighted by Gasteiger charge is -2.26. The Morgan fingerprint density at radius 2 is 1.87 bits per heavy atom. The topological polar surface area (TPSA) is 88.4 Å². The lowest BCUT2D eigenvalue weighted by atomic mass is 9.95. The molecule has 45 heavy (non-hydrogen) atoms. The van der Waals surface area contributed by atoms with Gasteiger partial charge in [0.2, 0.25) is 0 Å². The Bertz CT molecular complexity index is 1970. The van der Waals surface area contributed by atoms with E-state index in [4.69, 9.17) is 18.9 Å². The van der Waals surface area contributed by atoms with E-state index in [9.17, 15) is 14.0 Å². The van der Waals surface area contributed by atoms with Crippen LogP contribution in [0.15, 0.2) is 86.2 Å². The van der Waals surface area contributed by atoms with Gasteiger partial charge in [-0.25, -0.2) is 14.2 Å². The van der Waals surface area contributed by atoms with Crippen molar-refractivity contribution in [3.05, 3.63) is 119 Å². The predicted molar refractivity (Wildman–Crippen MR) is 174 cm³/mol. The molecule has 0 radical (unpaired) electrons. The zero-order valence-corrected chi connectivity index (χ0v) is 27.8. The normalized spacial score (nSPS) is 14.7. The number of hydrogen-bond acceptors (Lipinski definition) is 8. The number of methoxy groups -OCH3 is 1. The third-order valence-corrected chi connectivity index (χ3v) is 8.42. The largest absolute Gasteiger partial charge is 0.493 e. The fourth-order valence-corrected chi connectivity index (χ4v) is 6.55. The van der Waals surface area contributed by atoms with Crippen LogP contribution in [0.4, 0.5) is 4.39 Å². The molecule has 0 N–H and O–H groups in total. The summed E-state index contributed by atoms with van der Waals surface area (Å²) in [4.78, 5) is 32.7. The molecule has 0 aliphatic carbocycles. The highest BCUT2D eigenvalue weighted by molar-refractivity contribution is 9.10. The molecule has 1 aromatic heterocycles. The molecule has 0 spiro atoms. The maximum absolute atomic E-state index is 14.4. The monoisotopic (exact) mass is 694 g/mol. The number of para-hydroxylation sites is 1. The van der Waals surface area contributed by atoms with Crippen LogP contribution in [0.5, 0.6) is 17.2 Å².